The summed E-state index contributed by atoms with van der Waals surface area (Å²) in [5.41, 5.74) is 8.19. The Morgan fingerprint density at radius 2 is 1.92 bits per heavy atom. The maximum absolute atomic E-state index is 8.97. The number of hydrogen-bond acceptors (Lipinski definition) is 4. The van der Waals surface area contributed by atoms with E-state index in [1.54, 1.807) is 6.21 Å². The Morgan fingerprint density at radius 1 is 1.20 bits per heavy atom. The number of nitrogens with one attached hydrogen (secondary N) is 2. The molecule has 0 amide bonds. The Bertz CT molecular complexity index is 744. The Hall–Kier alpha value is -2.44. The molecule has 0 saturated carbocycles. The van der Waals surface area contributed by atoms with E-state index < -0.39 is 0 Å². The summed E-state index contributed by atoms with van der Waals surface area (Å²) in [5, 5.41) is 16.7. The molecule has 2 rings (SSSR count). The van der Waals surface area contributed by atoms with Crippen molar-refractivity contribution in [1.29, 1.82) is 0 Å². The molecule has 0 aromatic heterocycles. The van der Waals surface area contributed by atoms with Crippen LogP contribution in [-0.4, -0.2) is 36.6 Å². The monoisotopic (exact) mass is 356 g/mol. The number of likely N-dealkylation sites (N-methyl/N-ethyl adjacent to an activating group) is 1. The number of benzene rings is 2. The minimum Gasteiger partial charge on any atom is -0.395 e. The van der Waals surface area contributed by atoms with E-state index in [1.165, 1.54) is 11.1 Å². The molecule has 6 heteroatoms. The number of nitrogens with zero attached hydrogens (tertiary/aromatic N) is 2. The molecule has 2 aromatic carbocycles. The highest BCUT2D eigenvalue weighted by atomic mass is 32.1. The quantitative estimate of drug-likeness (QED) is 0.422. The smallest absolute Gasteiger partial charge is 0.191 e. The van der Waals surface area contributed by atoms with Crippen LogP contribution in [0.15, 0.2) is 47.6 Å². The van der Waals surface area contributed by atoms with E-state index >= 15 is 0 Å². The van der Waals surface area contributed by atoms with Crippen molar-refractivity contribution in [3.05, 3.63) is 59.2 Å². The summed E-state index contributed by atoms with van der Waals surface area (Å²) < 4.78 is 0. The third-order valence-corrected chi connectivity index (χ3v) is 4.20. The minimum absolute atomic E-state index is 0.133. The first kappa shape index (κ1) is 18.9. The van der Waals surface area contributed by atoms with Gasteiger partial charge in [0.25, 0.3) is 0 Å². The van der Waals surface area contributed by atoms with E-state index in [2.05, 4.69) is 35.8 Å². The SMILES string of the molecule is Cc1cccc(NC(=S)N/N=C\c2ccc(N(C)CCO)cc2)c1C. The maximum Gasteiger partial charge on any atom is 0.191 e. The van der Waals surface area contributed by atoms with Crippen LogP contribution >= 0.6 is 12.2 Å². The highest BCUT2D eigenvalue weighted by Gasteiger charge is 2.02. The van der Waals surface area contributed by atoms with Crippen LogP contribution in [0.3, 0.4) is 0 Å². The highest BCUT2D eigenvalue weighted by molar-refractivity contribution is 7.80. The number of hydrogen-bond donors (Lipinski definition) is 3. The van der Waals surface area contributed by atoms with Gasteiger partial charge in [-0.3, -0.25) is 5.43 Å². The first-order valence-corrected chi connectivity index (χ1v) is 8.50. The largest absolute Gasteiger partial charge is 0.395 e. The molecule has 0 heterocycles. The summed E-state index contributed by atoms with van der Waals surface area (Å²) in [6.45, 7) is 4.86. The van der Waals surface area contributed by atoms with Crippen LogP contribution < -0.4 is 15.6 Å². The van der Waals surface area contributed by atoms with Crippen molar-refractivity contribution >= 4 is 34.9 Å². The van der Waals surface area contributed by atoms with Crippen molar-refractivity contribution < 1.29 is 5.11 Å². The molecule has 0 saturated heterocycles. The Morgan fingerprint density at radius 3 is 2.60 bits per heavy atom. The van der Waals surface area contributed by atoms with Gasteiger partial charge in [-0.05, 0) is 61.0 Å². The zero-order valence-electron chi connectivity index (χ0n) is 14.8. The lowest BCUT2D eigenvalue weighted by Crippen LogP contribution is -2.24. The maximum atomic E-state index is 8.97. The molecule has 0 atom stereocenters. The molecule has 0 aliphatic rings. The van der Waals surface area contributed by atoms with E-state index in [0.29, 0.717) is 11.7 Å². The number of thiocarbonyl (C=S) groups is 1. The van der Waals surface area contributed by atoms with Gasteiger partial charge in [0.2, 0.25) is 0 Å². The lowest BCUT2D eigenvalue weighted by molar-refractivity contribution is 0.304. The fourth-order valence-electron chi connectivity index (χ4n) is 2.30. The molecular weight excluding hydrogens is 332 g/mol. The van der Waals surface area contributed by atoms with E-state index in [0.717, 1.165) is 16.9 Å². The molecule has 0 fully saturated rings. The van der Waals surface area contributed by atoms with Gasteiger partial charge >= 0.3 is 0 Å². The van der Waals surface area contributed by atoms with Crippen LogP contribution in [0.4, 0.5) is 11.4 Å². The number of aliphatic hydroxyl groups excluding tert-OH is 1. The number of aliphatic hydroxyl groups is 1. The van der Waals surface area contributed by atoms with Gasteiger partial charge in [-0.25, -0.2) is 0 Å². The Labute approximate surface area is 154 Å². The van der Waals surface area contributed by atoms with Crippen molar-refractivity contribution in [2.45, 2.75) is 13.8 Å². The normalized spacial score (nSPS) is 10.7. The summed E-state index contributed by atoms with van der Waals surface area (Å²) in [7, 11) is 1.94. The predicted molar refractivity (Wildman–Crippen MR) is 110 cm³/mol. The van der Waals surface area contributed by atoms with Crippen LogP contribution in [0.25, 0.3) is 0 Å². The van der Waals surface area contributed by atoms with Crippen molar-refractivity contribution in [2.75, 3.05) is 30.4 Å². The number of hydrazone groups is 1. The third kappa shape index (κ3) is 5.55. The number of anilines is 2. The van der Waals surface area contributed by atoms with Gasteiger partial charge in [0.15, 0.2) is 5.11 Å². The van der Waals surface area contributed by atoms with Crippen LogP contribution in [0, 0.1) is 13.8 Å². The highest BCUT2D eigenvalue weighted by Crippen LogP contribution is 2.17. The van der Waals surface area contributed by atoms with Gasteiger partial charge in [0.1, 0.15) is 0 Å². The summed E-state index contributed by atoms with van der Waals surface area (Å²) in [6.07, 6.45) is 1.72. The fourth-order valence-corrected chi connectivity index (χ4v) is 2.46. The lowest BCUT2D eigenvalue weighted by Gasteiger charge is -2.17. The van der Waals surface area contributed by atoms with E-state index in [4.69, 9.17) is 17.3 Å². The van der Waals surface area contributed by atoms with Gasteiger partial charge in [-0.15, -0.1) is 0 Å². The van der Waals surface area contributed by atoms with E-state index in [9.17, 15) is 0 Å². The lowest BCUT2D eigenvalue weighted by atomic mass is 10.1. The summed E-state index contributed by atoms with van der Waals surface area (Å²) >= 11 is 5.27. The van der Waals surface area contributed by atoms with Crippen LogP contribution in [0.5, 0.6) is 0 Å². The van der Waals surface area contributed by atoms with Gasteiger partial charge < -0.3 is 15.3 Å². The van der Waals surface area contributed by atoms with Crippen LogP contribution in [0.2, 0.25) is 0 Å². The topological polar surface area (TPSA) is 59.9 Å². The zero-order chi connectivity index (χ0) is 18.2. The molecule has 0 unspecified atom stereocenters. The second kappa shape index (κ2) is 9.15. The van der Waals surface area contributed by atoms with Gasteiger partial charge in [-0.1, -0.05) is 24.3 Å². The average Bonchev–Trinajstić information content (AvgIpc) is 2.60. The molecule has 25 heavy (non-hydrogen) atoms. The van der Waals surface area contributed by atoms with Gasteiger partial charge in [0.05, 0.1) is 12.8 Å². The van der Waals surface area contributed by atoms with Gasteiger partial charge in [-0.2, -0.15) is 5.10 Å². The molecule has 132 valence electrons. The standard InChI is InChI=1S/C19H24N4OS/c1-14-5-4-6-18(15(14)2)21-19(25)22-20-13-16-7-9-17(10-8-16)23(3)11-12-24/h4-10,13,24H,11-12H2,1-3H3,(H2,21,22,25)/b20-13-. The van der Waals surface area contributed by atoms with Crippen LogP contribution in [0.1, 0.15) is 16.7 Å². The predicted octanol–water partition coefficient (Wildman–Crippen LogP) is 3.05. The third-order valence-electron chi connectivity index (χ3n) is 4.00. The zero-order valence-corrected chi connectivity index (χ0v) is 15.6. The molecule has 5 nitrogen and oxygen atoms in total. The Kier molecular flexibility index (Phi) is 6.91. The second-order valence-corrected chi connectivity index (χ2v) is 6.22. The average molecular weight is 356 g/mol. The molecule has 0 bridgehead atoms. The first-order valence-electron chi connectivity index (χ1n) is 8.09. The summed E-state index contributed by atoms with van der Waals surface area (Å²) in [4.78, 5) is 1.99. The number of aryl methyl sites for hydroxylation is 1. The van der Waals surface area contributed by atoms with Crippen molar-refractivity contribution in [1.82, 2.24) is 5.43 Å². The molecule has 0 spiro atoms. The van der Waals surface area contributed by atoms with E-state index in [1.807, 2.05) is 48.3 Å². The molecule has 0 aliphatic heterocycles. The number of rotatable bonds is 6. The molecule has 0 aliphatic carbocycles. The van der Waals surface area contributed by atoms with Crippen molar-refractivity contribution in [3.63, 3.8) is 0 Å². The Balaban J connectivity index is 1.90. The van der Waals surface area contributed by atoms with Crippen molar-refractivity contribution in [3.8, 4) is 0 Å². The molecule has 2 aromatic rings. The summed E-state index contributed by atoms with van der Waals surface area (Å²) in [5.74, 6) is 0. The fraction of sp³-hybridized carbons (Fsp3) is 0.263. The second-order valence-electron chi connectivity index (χ2n) is 5.81. The first-order chi connectivity index (χ1) is 12.0. The van der Waals surface area contributed by atoms with Crippen molar-refractivity contribution in [2.24, 2.45) is 5.10 Å². The van der Waals surface area contributed by atoms with Gasteiger partial charge in [0, 0.05) is 25.0 Å². The molecule has 3 N–H and O–H groups in total. The summed E-state index contributed by atoms with van der Waals surface area (Å²) in [6, 6.07) is 14.0. The minimum atomic E-state index is 0.133. The van der Waals surface area contributed by atoms with Crippen LogP contribution in [-0.2, 0) is 0 Å². The molecular formula is C19H24N4OS. The molecule has 0 radical (unpaired) electrons. The van der Waals surface area contributed by atoms with E-state index in [-0.39, 0.29) is 6.61 Å².